The molecule has 2 aliphatic rings. The molecular weight excluding hydrogens is 170 g/mol. The molecule has 1 saturated heterocycles. The van der Waals surface area contributed by atoms with Gasteiger partial charge in [-0.3, -0.25) is 4.79 Å². The fourth-order valence-corrected chi connectivity index (χ4v) is 1.62. The van der Waals surface area contributed by atoms with E-state index in [1.807, 2.05) is 0 Å². The van der Waals surface area contributed by atoms with E-state index in [0.717, 1.165) is 0 Å². The third kappa shape index (κ3) is 1.84. The van der Waals surface area contributed by atoms with Crippen molar-refractivity contribution < 1.29 is 14.6 Å². The molecule has 1 atom stereocenters. The van der Waals surface area contributed by atoms with Crippen LogP contribution in [0.2, 0.25) is 0 Å². The van der Waals surface area contributed by atoms with Crippen molar-refractivity contribution in [3.63, 3.8) is 0 Å². The van der Waals surface area contributed by atoms with Gasteiger partial charge in [0.05, 0.1) is 6.61 Å². The summed E-state index contributed by atoms with van der Waals surface area (Å²) in [6.07, 6.45) is 3.02. The summed E-state index contributed by atoms with van der Waals surface area (Å²) < 4.78 is 5.15. The highest BCUT2D eigenvalue weighted by molar-refractivity contribution is 5.75. The van der Waals surface area contributed by atoms with Gasteiger partial charge < -0.3 is 15.2 Å². The zero-order valence-electron chi connectivity index (χ0n) is 7.58. The van der Waals surface area contributed by atoms with Gasteiger partial charge in [-0.15, -0.1) is 0 Å². The summed E-state index contributed by atoms with van der Waals surface area (Å²) in [6.45, 7) is 1.51. The van der Waals surface area contributed by atoms with Gasteiger partial charge in [-0.05, 0) is 19.3 Å². The molecule has 1 aliphatic carbocycles. The molecule has 4 nitrogen and oxygen atoms in total. The van der Waals surface area contributed by atoms with Crippen LogP contribution in [0.4, 0.5) is 0 Å². The van der Waals surface area contributed by atoms with Crippen LogP contribution in [0.25, 0.3) is 0 Å². The van der Waals surface area contributed by atoms with E-state index in [1.165, 1.54) is 12.8 Å². The Morgan fingerprint density at radius 1 is 1.62 bits per heavy atom. The summed E-state index contributed by atoms with van der Waals surface area (Å²) in [5.74, 6) is -0.724. The van der Waals surface area contributed by atoms with Gasteiger partial charge in [-0.25, -0.2) is 0 Å². The molecule has 2 N–H and O–H groups in total. The lowest BCUT2D eigenvalue weighted by Crippen LogP contribution is -2.42. The van der Waals surface area contributed by atoms with E-state index in [4.69, 9.17) is 9.84 Å². The monoisotopic (exact) mass is 185 g/mol. The Hall–Kier alpha value is -0.610. The molecule has 0 radical (unpaired) electrons. The van der Waals surface area contributed by atoms with Crippen molar-refractivity contribution in [2.24, 2.45) is 5.41 Å². The van der Waals surface area contributed by atoms with Crippen molar-refractivity contribution in [1.29, 1.82) is 0 Å². The summed E-state index contributed by atoms with van der Waals surface area (Å²) in [6, 6.07) is 0.567. The maximum atomic E-state index is 11.0. The smallest absolute Gasteiger partial charge is 0.313 e. The van der Waals surface area contributed by atoms with Crippen LogP contribution in [-0.2, 0) is 9.53 Å². The highest BCUT2D eigenvalue weighted by Gasteiger charge is 2.43. The molecule has 1 saturated carbocycles. The van der Waals surface area contributed by atoms with Crippen LogP contribution in [0.5, 0.6) is 0 Å². The van der Waals surface area contributed by atoms with Crippen LogP contribution >= 0.6 is 0 Å². The largest absolute Gasteiger partial charge is 0.481 e. The van der Waals surface area contributed by atoms with Crippen LogP contribution < -0.4 is 5.32 Å². The van der Waals surface area contributed by atoms with Crippen LogP contribution in [0.15, 0.2) is 0 Å². The number of hydrogen-bond acceptors (Lipinski definition) is 3. The molecule has 1 unspecified atom stereocenters. The Bertz CT molecular complexity index is 207. The Morgan fingerprint density at radius 3 is 2.85 bits per heavy atom. The second-order valence-corrected chi connectivity index (χ2v) is 4.04. The highest BCUT2D eigenvalue weighted by Crippen LogP contribution is 2.29. The zero-order chi connectivity index (χ0) is 9.31. The topological polar surface area (TPSA) is 58.6 Å². The Balaban J connectivity index is 1.91. The van der Waals surface area contributed by atoms with E-state index in [1.54, 1.807) is 0 Å². The molecule has 4 heteroatoms. The van der Waals surface area contributed by atoms with E-state index in [-0.39, 0.29) is 0 Å². The van der Waals surface area contributed by atoms with Gasteiger partial charge in [0.1, 0.15) is 5.41 Å². The molecule has 0 aromatic carbocycles. The molecular formula is C9H15NO3. The third-order valence-corrected chi connectivity index (χ3v) is 2.86. The maximum absolute atomic E-state index is 11.0. The van der Waals surface area contributed by atoms with Crippen LogP contribution in [0, 0.1) is 5.41 Å². The molecule has 13 heavy (non-hydrogen) atoms. The van der Waals surface area contributed by atoms with Gasteiger partial charge in [0, 0.05) is 19.2 Å². The number of aliphatic carboxylic acids is 1. The minimum absolute atomic E-state index is 0.363. The lowest BCUT2D eigenvalue weighted by Gasteiger charge is -2.22. The van der Waals surface area contributed by atoms with Crippen molar-refractivity contribution in [3.8, 4) is 0 Å². The molecule has 0 spiro atoms. The van der Waals surface area contributed by atoms with Crippen LogP contribution in [-0.4, -0.2) is 36.9 Å². The predicted octanol–water partition coefficient (Wildman–Crippen LogP) is 0.230. The number of carbonyl (C=O) groups is 1. The summed E-state index contributed by atoms with van der Waals surface area (Å²) in [4.78, 5) is 11.0. The first kappa shape index (κ1) is 8.97. The van der Waals surface area contributed by atoms with Crippen molar-refractivity contribution in [1.82, 2.24) is 5.32 Å². The summed E-state index contributed by atoms with van der Waals surface area (Å²) in [5, 5.41) is 12.3. The van der Waals surface area contributed by atoms with Crippen molar-refractivity contribution in [2.45, 2.75) is 25.3 Å². The SMILES string of the molecule is O=C(O)C1(CNC2CC2)CCOC1. The van der Waals surface area contributed by atoms with E-state index in [2.05, 4.69) is 5.32 Å². The summed E-state index contributed by atoms with van der Waals surface area (Å²) >= 11 is 0. The lowest BCUT2D eigenvalue weighted by molar-refractivity contribution is -0.148. The van der Waals surface area contributed by atoms with Gasteiger partial charge >= 0.3 is 5.97 Å². The first-order valence-electron chi connectivity index (χ1n) is 4.77. The van der Waals surface area contributed by atoms with Gasteiger partial charge in [0.25, 0.3) is 0 Å². The molecule has 2 fully saturated rings. The fourth-order valence-electron chi connectivity index (χ4n) is 1.62. The average Bonchev–Trinajstić information content (AvgIpc) is 2.80. The first-order chi connectivity index (χ1) is 6.23. The quantitative estimate of drug-likeness (QED) is 0.658. The van der Waals surface area contributed by atoms with Gasteiger partial charge in [-0.1, -0.05) is 0 Å². The van der Waals surface area contributed by atoms with Gasteiger partial charge in [0.15, 0.2) is 0 Å². The highest BCUT2D eigenvalue weighted by atomic mass is 16.5. The second kappa shape index (κ2) is 3.27. The first-order valence-corrected chi connectivity index (χ1v) is 4.77. The van der Waals surface area contributed by atoms with E-state index < -0.39 is 11.4 Å². The van der Waals surface area contributed by atoms with E-state index >= 15 is 0 Å². The molecule has 0 bridgehead atoms. The zero-order valence-corrected chi connectivity index (χ0v) is 7.58. The molecule has 0 aromatic heterocycles. The molecule has 1 heterocycles. The van der Waals surface area contributed by atoms with Crippen LogP contribution in [0.3, 0.4) is 0 Å². The minimum Gasteiger partial charge on any atom is -0.481 e. The maximum Gasteiger partial charge on any atom is 0.313 e. The lowest BCUT2D eigenvalue weighted by atomic mass is 9.87. The normalized spacial score (nSPS) is 33.5. The number of carboxylic acid groups (broad SMARTS) is 1. The Labute approximate surface area is 77.3 Å². The molecule has 0 aromatic rings. The van der Waals surface area contributed by atoms with Crippen molar-refractivity contribution in [2.75, 3.05) is 19.8 Å². The molecule has 0 amide bonds. The number of carboxylic acids is 1. The fraction of sp³-hybridized carbons (Fsp3) is 0.889. The van der Waals surface area contributed by atoms with E-state index in [0.29, 0.717) is 32.2 Å². The van der Waals surface area contributed by atoms with Crippen LogP contribution in [0.1, 0.15) is 19.3 Å². The Kier molecular flexibility index (Phi) is 2.26. The molecule has 1 aliphatic heterocycles. The summed E-state index contributed by atoms with van der Waals surface area (Å²) in [7, 11) is 0. The third-order valence-electron chi connectivity index (χ3n) is 2.86. The average molecular weight is 185 g/mol. The molecule has 2 rings (SSSR count). The van der Waals surface area contributed by atoms with E-state index in [9.17, 15) is 4.79 Å². The van der Waals surface area contributed by atoms with Crippen molar-refractivity contribution in [3.05, 3.63) is 0 Å². The number of rotatable bonds is 4. The Morgan fingerprint density at radius 2 is 2.38 bits per heavy atom. The molecule has 74 valence electrons. The van der Waals surface area contributed by atoms with Gasteiger partial charge in [0.2, 0.25) is 0 Å². The minimum atomic E-state index is -0.724. The number of hydrogen-bond donors (Lipinski definition) is 2. The van der Waals surface area contributed by atoms with Gasteiger partial charge in [-0.2, -0.15) is 0 Å². The predicted molar refractivity (Wildman–Crippen MR) is 46.5 cm³/mol. The number of ether oxygens (including phenoxy) is 1. The van der Waals surface area contributed by atoms with Crippen molar-refractivity contribution >= 4 is 5.97 Å². The standard InChI is InChI=1S/C9H15NO3/c11-8(12)9(3-4-13-6-9)5-10-7-1-2-7/h7,10H,1-6H2,(H,11,12). The number of nitrogens with one attached hydrogen (secondary N) is 1. The second-order valence-electron chi connectivity index (χ2n) is 4.04. The summed E-state index contributed by atoms with van der Waals surface area (Å²) in [5.41, 5.74) is -0.650.